The molecule has 0 aliphatic carbocycles. The summed E-state index contributed by atoms with van der Waals surface area (Å²) in [5.74, 6) is 2.48. The van der Waals surface area contributed by atoms with Gasteiger partial charge in [0.2, 0.25) is 0 Å². The average Bonchev–Trinajstić information content (AvgIpc) is 3.03. The van der Waals surface area contributed by atoms with Crippen molar-refractivity contribution < 1.29 is 23.0 Å². The Balaban J connectivity index is 1.29. The van der Waals surface area contributed by atoms with Crippen molar-refractivity contribution in [1.29, 1.82) is 0 Å². The molecule has 0 saturated carbocycles. The maximum absolute atomic E-state index is 10.6. The van der Waals surface area contributed by atoms with Crippen LogP contribution in [0.3, 0.4) is 0 Å². The third-order valence-electron chi connectivity index (χ3n) is 7.58. The van der Waals surface area contributed by atoms with Gasteiger partial charge >= 0.3 is 0 Å². The molecule has 3 N–H and O–H groups in total. The van der Waals surface area contributed by atoms with Crippen molar-refractivity contribution in [2.24, 2.45) is 0 Å². The van der Waals surface area contributed by atoms with Crippen LogP contribution in [0.4, 0.5) is 0 Å². The van der Waals surface area contributed by atoms with E-state index in [0.717, 1.165) is 74.7 Å². The third-order valence-corrected chi connectivity index (χ3v) is 7.96. The monoisotopic (exact) mass is 610 g/mol. The van der Waals surface area contributed by atoms with Crippen molar-refractivity contribution in [2.75, 3.05) is 47.5 Å². The molecule has 0 saturated heterocycles. The van der Waals surface area contributed by atoms with Gasteiger partial charge in [-0.3, -0.25) is 4.21 Å². The first-order valence-corrected chi connectivity index (χ1v) is 16.3. The number of unbranched alkanes of at least 4 members (excludes halogenated alkanes) is 3. The first-order valence-electron chi connectivity index (χ1n) is 15.2. The molecule has 0 fully saturated rings. The van der Waals surface area contributed by atoms with Crippen molar-refractivity contribution in [3.8, 4) is 17.2 Å². The van der Waals surface area contributed by atoms with Crippen molar-refractivity contribution in [1.82, 2.24) is 15.4 Å². The molecule has 0 bridgehead atoms. The SMILES string of the molecule is COc1cccc(CCc2c(CCNCCCCCCNCCc3ccc(CNS(=O)[O-])cc3)ccc(OC)c2OC)c1. The van der Waals surface area contributed by atoms with E-state index in [1.54, 1.807) is 21.3 Å². The Morgan fingerprint density at radius 3 is 2.02 bits per heavy atom. The molecule has 3 aromatic rings. The normalized spacial score (nSPS) is 11.8. The fourth-order valence-corrected chi connectivity index (χ4v) is 5.45. The van der Waals surface area contributed by atoms with Gasteiger partial charge in [0.05, 0.1) is 21.3 Å². The zero-order valence-electron chi connectivity index (χ0n) is 25.9. The van der Waals surface area contributed by atoms with Crippen LogP contribution in [0, 0.1) is 0 Å². The predicted molar refractivity (Wildman–Crippen MR) is 174 cm³/mol. The van der Waals surface area contributed by atoms with Crippen LogP contribution in [0.1, 0.15) is 53.5 Å². The first kappa shape index (κ1) is 34.5. The summed E-state index contributed by atoms with van der Waals surface area (Å²) in [6.45, 7) is 4.26. The molecule has 236 valence electrons. The number of nitrogens with one attached hydrogen (secondary N) is 3. The molecule has 1 atom stereocenters. The van der Waals surface area contributed by atoms with E-state index >= 15 is 0 Å². The van der Waals surface area contributed by atoms with Gasteiger partial charge in [0.15, 0.2) is 11.5 Å². The third kappa shape index (κ3) is 12.7. The van der Waals surface area contributed by atoms with Crippen LogP contribution in [0.5, 0.6) is 17.2 Å². The topological polar surface area (TPSA) is 104 Å². The van der Waals surface area contributed by atoms with Crippen molar-refractivity contribution in [2.45, 2.75) is 57.9 Å². The summed E-state index contributed by atoms with van der Waals surface area (Å²) in [6.07, 6.45) is 8.48. The molecule has 0 aliphatic heterocycles. The van der Waals surface area contributed by atoms with Gasteiger partial charge in [-0.15, -0.1) is 0 Å². The maximum Gasteiger partial charge on any atom is 0.164 e. The van der Waals surface area contributed by atoms with Crippen LogP contribution in [-0.2, 0) is 43.5 Å². The molecule has 3 aromatic carbocycles. The minimum atomic E-state index is -2.22. The summed E-state index contributed by atoms with van der Waals surface area (Å²) in [5, 5.41) is 7.16. The lowest BCUT2D eigenvalue weighted by molar-refractivity contribution is 0.351. The Kier molecular flexibility index (Phi) is 16.1. The molecule has 0 spiro atoms. The van der Waals surface area contributed by atoms with E-state index in [0.29, 0.717) is 6.54 Å². The molecule has 43 heavy (non-hydrogen) atoms. The molecule has 1 unspecified atom stereocenters. The van der Waals surface area contributed by atoms with E-state index < -0.39 is 11.3 Å². The van der Waals surface area contributed by atoms with Gasteiger partial charge in [0.25, 0.3) is 0 Å². The van der Waals surface area contributed by atoms with Crippen LogP contribution in [0.2, 0.25) is 0 Å². The van der Waals surface area contributed by atoms with E-state index in [1.165, 1.54) is 47.9 Å². The van der Waals surface area contributed by atoms with Crippen molar-refractivity contribution in [3.05, 3.63) is 88.5 Å². The second-order valence-electron chi connectivity index (χ2n) is 10.6. The Morgan fingerprint density at radius 1 is 0.674 bits per heavy atom. The zero-order valence-corrected chi connectivity index (χ0v) is 26.7. The predicted octanol–water partition coefficient (Wildman–Crippen LogP) is 4.91. The second kappa shape index (κ2) is 20.1. The van der Waals surface area contributed by atoms with Gasteiger partial charge in [-0.25, -0.2) is 4.72 Å². The fourth-order valence-electron chi connectivity index (χ4n) is 5.16. The minimum Gasteiger partial charge on any atom is -0.760 e. The largest absolute Gasteiger partial charge is 0.760 e. The molecular formula is C34H48N3O5S-. The lowest BCUT2D eigenvalue weighted by Crippen LogP contribution is -2.20. The fraction of sp³-hybridized carbons (Fsp3) is 0.471. The van der Waals surface area contributed by atoms with E-state index in [-0.39, 0.29) is 0 Å². The highest BCUT2D eigenvalue weighted by Crippen LogP contribution is 2.34. The minimum absolute atomic E-state index is 0.328. The molecule has 0 aromatic heterocycles. The maximum atomic E-state index is 10.6. The van der Waals surface area contributed by atoms with E-state index in [2.05, 4.69) is 45.7 Å². The molecule has 9 heteroatoms. The number of methoxy groups -OCH3 is 3. The number of benzene rings is 3. The van der Waals surface area contributed by atoms with Gasteiger partial charge in [-0.05, 0) is 105 Å². The first-order chi connectivity index (χ1) is 21.0. The van der Waals surface area contributed by atoms with Gasteiger partial charge in [0, 0.05) is 23.4 Å². The summed E-state index contributed by atoms with van der Waals surface area (Å²) in [5.41, 5.74) is 5.96. The van der Waals surface area contributed by atoms with Gasteiger partial charge < -0.3 is 29.4 Å². The quantitative estimate of drug-likeness (QED) is 0.110. The molecule has 0 radical (unpaired) electrons. The van der Waals surface area contributed by atoms with Crippen LogP contribution < -0.4 is 29.6 Å². The average molecular weight is 611 g/mol. The highest BCUT2D eigenvalue weighted by molar-refractivity contribution is 7.77. The summed E-state index contributed by atoms with van der Waals surface area (Å²) in [4.78, 5) is 0. The summed E-state index contributed by atoms with van der Waals surface area (Å²) in [6, 6.07) is 20.5. The zero-order chi connectivity index (χ0) is 30.7. The Hall–Kier alpha value is -2.95. The van der Waals surface area contributed by atoms with Gasteiger partial charge in [0.1, 0.15) is 5.75 Å². The smallest absolute Gasteiger partial charge is 0.164 e. The van der Waals surface area contributed by atoms with E-state index in [4.69, 9.17) is 14.2 Å². The van der Waals surface area contributed by atoms with E-state index in [1.807, 2.05) is 30.3 Å². The summed E-state index contributed by atoms with van der Waals surface area (Å²) in [7, 11) is 5.10. The Bertz CT molecular complexity index is 1240. The Morgan fingerprint density at radius 2 is 1.37 bits per heavy atom. The number of hydrogen-bond acceptors (Lipinski definition) is 7. The van der Waals surface area contributed by atoms with Crippen molar-refractivity contribution in [3.63, 3.8) is 0 Å². The molecule has 3 rings (SSSR count). The molecular weight excluding hydrogens is 562 g/mol. The van der Waals surface area contributed by atoms with Crippen LogP contribution >= 0.6 is 0 Å². The van der Waals surface area contributed by atoms with Crippen molar-refractivity contribution >= 4 is 11.3 Å². The van der Waals surface area contributed by atoms with Crippen LogP contribution in [0.25, 0.3) is 0 Å². The number of aryl methyl sites for hydroxylation is 1. The molecule has 8 nitrogen and oxygen atoms in total. The standard InChI is InChI=1S/C34H49N3O5S/c1-40-31-10-8-9-28(25-31)15-17-32-30(16-18-33(41-2)34(32)42-3)20-24-36-22-7-5-4-6-21-35-23-19-27-11-13-29(14-12-27)26-37-43(38)39/h8-14,16,18,25,35-37H,4-7,15,17,19-24,26H2,1-3H3,(H,38,39)/p-1. The lowest BCUT2D eigenvalue weighted by Gasteiger charge is -2.17. The highest BCUT2D eigenvalue weighted by atomic mass is 32.2. The Labute approximate surface area is 260 Å². The second-order valence-corrected chi connectivity index (χ2v) is 11.3. The number of ether oxygens (including phenoxy) is 3. The van der Waals surface area contributed by atoms with Gasteiger partial charge in [-0.2, -0.15) is 0 Å². The van der Waals surface area contributed by atoms with Gasteiger partial charge in [-0.1, -0.05) is 55.3 Å². The lowest BCUT2D eigenvalue weighted by atomic mass is 9.96. The highest BCUT2D eigenvalue weighted by Gasteiger charge is 2.15. The van der Waals surface area contributed by atoms with Crippen LogP contribution in [0.15, 0.2) is 60.7 Å². The number of hydrogen-bond donors (Lipinski definition) is 3. The molecule has 0 amide bonds. The summed E-state index contributed by atoms with van der Waals surface area (Å²) < 4.78 is 40.4. The molecule has 0 heterocycles. The molecule has 0 aliphatic rings. The summed E-state index contributed by atoms with van der Waals surface area (Å²) >= 11 is -2.22. The number of rotatable bonds is 22. The van der Waals surface area contributed by atoms with Crippen LogP contribution in [-0.4, -0.2) is 56.3 Å². The van der Waals surface area contributed by atoms with E-state index in [9.17, 15) is 8.76 Å².